The van der Waals surface area contributed by atoms with Crippen LogP contribution in [0.15, 0.2) is 23.2 Å². The van der Waals surface area contributed by atoms with Gasteiger partial charge in [-0.3, -0.25) is 4.99 Å². The minimum atomic E-state index is 0. The third-order valence-corrected chi connectivity index (χ3v) is 5.12. The Morgan fingerprint density at radius 1 is 1.29 bits per heavy atom. The molecule has 3 N–H and O–H groups in total. The minimum absolute atomic E-state index is 0. The van der Waals surface area contributed by atoms with Gasteiger partial charge in [0.2, 0.25) is 0 Å². The molecule has 1 atom stereocenters. The number of nitrogens with zero attached hydrogens (tertiary/aromatic N) is 1. The van der Waals surface area contributed by atoms with E-state index in [1.807, 2.05) is 30.0 Å². The molecule has 24 heavy (non-hydrogen) atoms. The minimum Gasteiger partial charge on any atom is -0.490 e. The van der Waals surface area contributed by atoms with Crippen LogP contribution >= 0.6 is 35.7 Å². The van der Waals surface area contributed by atoms with E-state index in [2.05, 4.69) is 37.3 Å². The third kappa shape index (κ3) is 6.23. The summed E-state index contributed by atoms with van der Waals surface area (Å²) in [7, 11) is 0. The van der Waals surface area contributed by atoms with Crippen molar-refractivity contribution < 1.29 is 9.47 Å². The maximum atomic E-state index is 6.02. The zero-order chi connectivity index (χ0) is 16.9. The summed E-state index contributed by atoms with van der Waals surface area (Å²) in [4.78, 5) is 4.48. The predicted molar refractivity (Wildman–Crippen MR) is 114 cm³/mol. The van der Waals surface area contributed by atoms with Crippen LogP contribution in [0, 0.1) is 5.41 Å². The molecule has 1 aliphatic heterocycles. The van der Waals surface area contributed by atoms with Crippen molar-refractivity contribution in [1.29, 1.82) is 0 Å². The molecule has 0 bridgehead atoms. The second-order valence-electron chi connectivity index (χ2n) is 6.65. The zero-order valence-electron chi connectivity index (χ0n) is 14.8. The maximum Gasteiger partial charge on any atom is 0.193 e. The van der Waals surface area contributed by atoms with E-state index in [1.54, 1.807) is 0 Å². The standard InChI is InChI=1S/C17H27N3O2S.HI/c1-17(2,3)15(23-4)11-19-16(18)20-12-6-7-13-14(10-12)22-9-5-8-21-13;/h6-7,10,15H,5,8-9,11H2,1-4H3,(H3,18,19,20);1H. The molecule has 5 nitrogen and oxygen atoms in total. The van der Waals surface area contributed by atoms with Crippen molar-refractivity contribution in [3.63, 3.8) is 0 Å². The van der Waals surface area contributed by atoms with Crippen molar-refractivity contribution in [3.05, 3.63) is 18.2 Å². The number of rotatable bonds is 4. The largest absolute Gasteiger partial charge is 0.490 e. The summed E-state index contributed by atoms with van der Waals surface area (Å²) in [6.45, 7) is 8.70. The summed E-state index contributed by atoms with van der Waals surface area (Å²) in [5, 5.41) is 3.55. The van der Waals surface area contributed by atoms with Crippen molar-refractivity contribution >= 4 is 47.4 Å². The van der Waals surface area contributed by atoms with Crippen LogP contribution in [0.5, 0.6) is 11.5 Å². The first-order valence-corrected chi connectivity index (χ1v) is 9.18. The Kier molecular flexibility index (Phi) is 8.49. The Labute approximate surface area is 166 Å². The fourth-order valence-corrected chi connectivity index (χ4v) is 3.24. The molecule has 0 saturated heterocycles. The molecular formula is C17H28IN3O2S. The maximum absolute atomic E-state index is 6.02. The first-order chi connectivity index (χ1) is 10.9. The molecular weight excluding hydrogens is 437 g/mol. The Morgan fingerprint density at radius 3 is 2.58 bits per heavy atom. The van der Waals surface area contributed by atoms with E-state index in [0.29, 0.717) is 31.0 Å². The van der Waals surface area contributed by atoms with Crippen molar-refractivity contribution in [2.24, 2.45) is 16.1 Å². The van der Waals surface area contributed by atoms with E-state index in [-0.39, 0.29) is 29.4 Å². The summed E-state index contributed by atoms with van der Waals surface area (Å²) < 4.78 is 11.3. The highest BCUT2D eigenvalue weighted by Crippen LogP contribution is 2.32. The monoisotopic (exact) mass is 465 g/mol. The molecule has 1 aromatic carbocycles. The van der Waals surface area contributed by atoms with Crippen LogP contribution in [-0.2, 0) is 0 Å². The second-order valence-corrected chi connectivity index (χ2v) is 7.69. The first-order valence-electron chi connectivity index (χ1n) is 7.89. The van der Waals surface area contributed by atoms with Gasteiger partial charge in [-0.05, 0) is 23.8 Å². The highest BCUT2D eigenvalue weighted by molar-refractivity contribution is 14.0. The number of nitrogens with one attached hydrogen (secondary N) is 1. The predicted octanol–water partition coefficient (Wildman–Crippen LogP) is 3.97. The average Bonchev–Trinajstić information content (AvgIpc) is 2.71. The van der Waals surface area contributed by atoms with Gasteiger partial charge in [0.05, 0.1) is 19.8 Å². The lowest BCUT2D eigenvalue weighted by atomic mass is 9.92. The quantitative estimate of drug-likeness (QED) is 0.400. The third-order valence-electron chi connectivity index (χ3n) is 3.70. The Morgan fingerprint density at radius 2 is 1.96 bits per heavy atom. The van der Waals surface area contributed by atoms with Crippen LogP contribution in [0.3, 0.4) is 0 Å². The van der Waals surface area contributed by atoms with Crippen LogP contribution in [0.1, 0.15) is 27.2 Å². The van der Waals surface area contributed by atoms with Gasteiger partial charge < -0.3 is 20.5 Å². The number of anilines is 1. The van der Waals surface area contributed by atoms with Crippen LogP contribution in [0.2, 0.25) is 0 Å². The molecule has 0 aliphatic carbocycles. The van der Waals surface area contributed by atoms with Gasteiger partial charge >= 0.3 is 0 Å². The molecule has 2 rings (SSSR count). The number of thioether (sulfide) groups is 1. The normalized spacial score (nSPS) is 15.9. The summed E-state index contributed by atoms with van der Waals surface area (Å²) in [6.07, 6.45) is 3.00. The summed E-state index contributed by atoms with van der Waals surface area (Å²) >= 11 is 1.82. The van der Waals surface area contributed by atoms with Gasteiger partial charge in [-0.15, -0.1) is 24.0 Å². The first kappa shape index (κ1) is 21.2. The molecule has 0 amide bonds. The van der Waals surface area contributed by atoms with E-state index in [9.17, 15) is 0 Å². The smallest absolute Gasteiger partial charge is 0.193 e. The van der Waals surface area contributed by atoms with Gasteiger partial charge in [0.1, 0.15) is 0 Å². The van der Waals surface area contributed by atoms with Crippen molar-refractivity contribution in [1.82, 2.24) is 0 Å². The fraction of sp³-hybridized carbons (Fsp3) is 0.588. The average molecular weight is 465 g/mol. The molecule has 0 spiro atoms. The lowest BCUT2D eigenvalue weighted by Crippen LogP contribution is -2.29. The molecule has 0 radical (unpaired) electrons. The van der Waals surface area contributed by atoms with E-state index in [1.165, 1.54) is 0 Å². The fourth-order valence-electron chi connectivity index (χ4n) is 2.31. The lowest BCUT2D eigenvalue weighted by molar-refractivity contribution is 0.297. The number of aliphatic imine (C=N–C) groups is 1. The molecule has 0 saturated carbocycles. The summed E-state index contributed by atoms with van der Waals surface area (Å²) in [5.41, 5.74) is 7.06. The molecule has 1 aromatic rings. The van der Waals surface area contributed by atoms with Gasteiger partial charge in [0, 0.05) is 23.4 Å². The van der Waals surface area contributed by atoms with E-state index >= 15 is 0 Å². The van der Waals surface area contributed by atoms with Gasteiger partial charge in [0.15, 0.2) is 17.5 Å². The molecule has 1 unspecified atom stereocenters. The number of nitrogens with two attached hydrogens (primary N) is 1. The van der Waals surface area contributed by atoms with Gasteiger partial charge in [-0.2, -0.15) is 11.8 Å². The van der Waals surface area contributed by atoms with Crippen molar-refractivity contribution in [2.75, 3.05) is 31.3 Å². The van der Waals surface area contributed by atoms with Gasteiger partial charge in [-0.25, -0.2) is 0 Å². The number of guanidine groups is 1. The number of benzene rings is 1. The van der Waals surface area contributed by atoms with Gasteiger partial charge in [-0.1, -0.05) is 20.8 Å². The lowest BCUT2D eigenvalue weighted by Gasteiger charge is -2.27. The van der Waals surface area contributed by atoms with Crippen LogP contribution in [-0.4, -0.2) is 37.2 Å². The number of halogens is 1. The molecule has 0 fully saturated rings. The van der Waals surface area contributed by atoms with Crippen LogP contribution < -0.4 is 20.5 Å². The Bertz CT molecular complexity index is 561. The van der Waals surface area contributed by atoms with Crippen molar-refractivity contribution in [3.8, 4) is 11.5 Å². The zero-order valence-corrected chi connectivity index (χ0v) is 17.9. The number of ether oxygens (including phenoxy) is 2. The number of hydrogen-bond donors (Lipinski definition) is 2. The number of fused-ring (bicyclic) bond motifs is 1. The summed E-state index contributed by atoms with van der Waals surface area (Å²) in [5.74, 6) is 1.94. The van der Waals surface area contributed by atoms with E-state index < -0.39 is 0 Å². The van der Waals surface area contributed by atoms with E-state index in [4.69, 9.17) is 15.2 Å². The molecule has 1 heterocycles. The van der Waals surface area contributed by atoms with Crippen molar-refractivity contribution in [2.45, 2.75) is 32.4 Å². The van der Waals surface area contributed by atoms with Crippen LogP contribution in [0.25, 0.3) is 0 Å². The molecule has 1 aliphatic rings. The SMILES string of the molecule is CSC(CN=C(N)Nc1ccc2c(c1)OCCCO2)C(C)(C)C.I. The highest BCUT2D eigenvalue weighted by atomic mass is 127. The Hall–Kier alpha value is -0.830. The topological polar surface area (TPSA) is 68.9 Å². The molecule has 0 aromatic heterocycles. The second kappa shape index (κ2) is 9.60. The van der Waals surface area contributed by atoms with Crippen LogP contribution in [0.4, 0.5) is 5.69 Å². The molecule has 136 valence electrons. The molecule has 7 heteroatoms. The van der Waals surface area contributed by atoms with Gasteiger partial charge in [0.25, 0.3) is 0 Å². The highest BCUT2D eigenvalue weighted by Gasteiger charge is 2.23. The van der Waals surface area contributed by atoms with E-state index in [0.717, 1.165) is 23.6 Å². The summed E-state index contributed by atoms with van der Waals surface area (Å²) in [6, 6.07) is 5.72. The number of hydrogen-bond acceptors (Lipinski definition) is 4. The Balaban J connectivity index is 0.00000288.